The number of aliphatic carboxylic acids is 1. The van der Waals surface area contributed by atoms with Crippen molar-refractivity contribution in [2.75, 3.05) is 6.61 Å². The highest BCUT2D eigenvalue weighted by Crippen LogP contribution is 2.65. The fourth-order valence-electron chi connectivity index (χ4n) is 8.08. The number of carboxylic acid groups (broad SMARTS) is 1. The number of carbonyl (C=O) groups excluding carboxylic acids is 1. The van der Waals surface area contributed by atoms with E-state index in [-0.39, 0.29) is 30.0 Å². The molecule has 0 spiro atoms. The minimum Gasteiger partial charge on any atom is -0.480 e. The highest BCUT2D eigenvalue weighted by molar-refractivity contribution is 5.96. The van der Waals surface area contributed by atoms with Crippen molar-refractivity contribution in [1.29, 1.82) is 0 Å². The van der Waals surface area contributed by atoms with E-state index in [9.17, 15) is 19.8 Å². The van der Waals surface area contributed by atoms with E-state index in [2.05, 4.69) is 30.4 Å². The summed E-state index contributed by atoms with van der Waals surface area (Å²) in [5, 5.41) is 27.0. The number of aliphatic hydroxyl groups excluding tert-OH is 1. The smallest absolute Gasteiger partial charge is 0.326 e. The van der Waals surface area contributed by atoms with E-state index in [0.717, 1.165) is 49.8 Å². The lowest BCUT2D eigenvalue weighted by atomic mass is 9.47. The van der Waals surface area contributed by atoms with E-state index < -0.39 is 17.9 Å². The molecule has 3 saturated carbocycles. The lowest BCUT2D eigenvalue weighted by molar-refractivity contribution is -0.142. The van der Waals surface area contributed by atoms with Crippen LogP contribution >= 0.6 is 0 Å². The molecule has 7 atom stereocenters. The second-order valence-corrected chi connectivity index (χ2v) is 12.1. The fourth-order valence-corrected chi connectivity index (χ4v) is 8.08. The van der Waals surface area contributed by atoms with E-state index in [0.29, 0.717) is 17.8 Å². The number of nitrogens with one attached hydrogen (secondary N) is 1. The molecule has 3 fully saturated rings. The van der Waals surface area contributed by atoms with Gasteiger partial charge in [0.25, 0.3) is 5.91 Å². The molecule has 0 saturated heterocycles. The molecule has 3 N–H and O–H groups in total. The maximum atomic E-state index is 12.4. The summed E-state index contributed by atoms with van der Waals surface area (Å²) in [6.07, 6.45) is 10.7. The Morgan fingerprint density at radius 2 is 1.86 bits per heavy atom. The van der Waals surface area contributed by atoms with Gasteiger partial charge in [-0.05, 0) is 91.6 Å². The zero-order valence-electron chi connectivity index (χ0n) is 22.0. The Labute approximate surface area is 219 Å². The second kappa shape index (κ2) is 10.2. The van der Waals surface area contributed by atoms with Crippen molar-refractivity contribution in [2.24, 2.45) is 33.7 Å². The van der Waals surface area contributed by atoms with Gasteiger partial charge in [-0.3, -0.25) is 4.79 Å². The molecule has 200 valence electrons. The predicted octanol–water partition coefficient (Wildman–Crippen LogP) is 4.49. The van der Waals surface area contributed by atoms with Gasteiger partial charge in [0.1, 0.15) is 6.04 Å². The van der Waals surface area contributed by atoms with Gasteiger partial charge in [-0.25, -0.2) is 4.79 Å². The molecule has 1 aromatic carbocycles. The molecule has 1 amide bonds. The zero-order valence-corrected chi connectivity index (χ0v) is 22.0. The molecular weight excluding hydrogens is 468 g/mol. The number of amides is 1. The summed E-state index contributed by atoms with van der Waals surface area (Å²) in [5.74, 6) is 0.403. The summed E-state index contributed by atoms with van der Waals surface area (Å²) in [6, 6.07) is 8.21. The molecule has 0 radical (unpaired) electrons. The summed E-state index contributed by atoms with van der Waals surface area (Å²) < 4.78 is 0. The highest BCUT2D eigenvalue weighted by atomic mass is 16.6. The van der Waals surface area contributed by atoms with Crippen molar-refractivity contribution < 1.29 is 24.6 Å². The number of nitrogens with zero attached hydrogens (tertiary/aromatic N) is 1. The summed E-state index contributed by atoms with van der Waals surface area (Å²) in [4.78, 5) is 29.4. The van der Waals surface area contributed by atoms with Gasteiger partial charge in [-0.2, -0.15) is 0 Å². The van der Waals surface area contributed by atoms with Gasteiger partial charge in [0.15, 0.2) is 6.61 Å². The highest BCUT2D eigenvalue weighted by Gasteiger charge is 2.58. The zero-order chi connectivity index (χ0) is 26.2. The largest absolute Gasteiger partial charge is 0.480 e. The van der Waals surface area contributed by atoms with Gasteiger partial charge in [0.05, 0.1) is 11.8 Å². The summed E-state index contributed by atoms with van der Waals surface area (Å²) in [5.41, 5.74) is 3.40. The number of allylic oxidation sites excluding steroid dienone is 2. The third-order valence-corrected chi connectivity index (χ3v) is 10.2. The van der Waals surface area contributed by atoms with E-state index in [4.69, 9.17) is 4.84 Å². The molecule has 7 nitrogen and oxygen atoms in total. The van der Waals surface area contributed by atoms with Gasteiger partial charge in [-0.1, -0.05) is 54.9 Å². The van der Waals surface area contributed by atoms with E-state index in [1.807, 2.05) is 30.3 Å². The van der Waals surface area contributed by atoms with Crippen molar-refractivity contribution >= 4 is 17.6 Å². The first-order chi connectivity index (χ1) is 17.7. The standard InChI is InChI=1S/C30H40N2O5/c1-29-14-12-21(32-37-18-27(34)31-25(28(35)36)16-19-6-4-3-5-7-19)17-20(29)8-9-22-23-10-11-26(33)30(23,2)15-13-24(22)29/h3-7,17,22-26,33H,8-16,18H2,1-2H3,(H,31,34)(H,35,36)/t22?,23?,24?,25?,26?,29-,30-/m0/s1. The number of aliphatic hydroxyl groups is 1. The van der Waals surface area contributed by atoms with Gasteiger partial charge in [0, 0.05) is 6.42 Å². The number of rotatable bonds is 7. The van der Waals surface area contributed by atoms with Crippen LogP contribution < -0.4 is 5.32 Å². The van der Waals surface area contributed by atoms with Crippen LogP contribution in [-0.2, 0) is 20.8 Å². The second-order valence-electron chi connectivity index (χ2n) is 12.1. The Kier molecular flexibility index (Phi) is 7.18. The molecule has 5 unspecified atom stereocenters. The average Bonchev–Trinajstić information content (AvgIpc) is 3.18. The third-order valence-electron chi connectivity index (χ3n) is 10.2. The number of hydrogen-bond acceptors (Lipinski definition) is 5. The first-order valence-electron chi connectivity index (χ1n) is 13.8. The number of carboxylic acids is 1. The summed E-state index contributed by atoms with van der Waals surface area (Å²) in [7, 11) is 0. The van der Waals surface area contributed by atoms with Crippen LogP contribution in [0.2, 0.25) is 0 Å². The van der Waals surface area contributed by atoms with Crippen LogP contribution in [-0.4, -0.2) is 46.6 Å². The number of carbonyl (C=O) groups is 2. The summed E-state index contributed by atoms with van der Waals surface area (Å²) >= 11 is 0. The predicted molar refractivity (Wildman–Crippen MR) is 141 cm³/mol. The number of oxime groups is 1. The van der Waals surface area contributed by atoms with Crippen LogP contribution in [0.25, 0.3) is 0 Å². The number of benzene rings is 1. The maximum absolute atomic E-state index is 12.4. The topological polar surface area (TPSA) is 108 Å². The number of hydrogen-bond donors (Lipinski definition) is 3. The molecular formula is C30H40N2O5. The Morgan fingerprint density at radius 1 is 1.08 bits per heavy atom. The Hall–Kier alpha value is -2.67. The molecule has 5 rings (SSSR count). The first-order valence-corrected chi connectivity index (χ1v) is 13.8. The number of fused-ring (bicyclic) bond motifs is 5. The van der Waals surface area contributed by atoms with Gasteiger partial charge >= 0.3 is 5.97 Å². The van der Waals surface area contributed by atoms with Crippen molar-refractivity contribution in [3.8, 4) is 0 Å². The molecule has 0 aliphatic heterocycles. The molecule has 37 heavy (non-hydrogen) atoms. The Bertz CT molecular complexity index is 1080. The monoisotopic (exact) mass is 508 g/mol. The first kappa shape index (κ1) is 26.0. The van der Waals surface area contributed by atoms with Crippen LogP contribution in [0.4, 0.5) is 0 Å². The van der Waals surface area contributed by atoms with Gasteiger partial charge < -0.3 is 20.4 Å². The Balaban J connectivity index is 1.18. The minimum atomic E-state index is -1.08. The Morgan fingerprint density at radius 3 is 2.62 bits per heavy atom. The molecule has 0 aromatic heterocycles. The van der Waals surface area contributed by atoms with Crippen molar-refractivity contribution in [3.05, 3.63) is 47.5 Å². The van der Waals surface area contributed by atoms with Crippen molar-refractivity contribution in [2.45, 2.75) is 83.8 Å². The fraction of sp³-hybridized carbons (Fsp3) is 0.633. The summed E-state index contributed by atoms with van der Waals surface area (Å²) in [6.45, 7) is 4.43. The quantitative estimate of drug-likeness (QED) is 0.470. The third kappa shape index (κ3) is 4.95. The van der Waals surface area contributed by atoms with Crippen LogP contribution in [0.5, 0.6) is 0 Å². The molecule has 4 aliphatic carbocycles. The van der Waals surface area contributed by atoms with Crippen molar-refractivity contribution in [1.82, 2.24) is 5.32 Å². The molecule has 7 heteroatoms. The molecule has 1 aromatic rings. The average molecular weight is 509 g/mol. The van der Waals surface area contributed by atoms with Crippen LogP contribution in [0, 0.1) is 28.6 Å². The molecule has 0 bridgehead atoms. The molecule has 4 aliphatic rings. The lowest BCUT2D eigenvalue weighted by Gasteiger charge is -2.57. The van der Waals surface area contributed by atoms with Crippen LogP contribution in [0.3, 0.4) is 0 Å². The van der Waals surface area contributed by atoms with Gasteiger partial charge in [-0.15, -0.1) is 0 Å². The van der Waals surface area contributed by atoms with E-state index in [1.54, 1.807) is 0 Å². The SMILES string of the molecule is C[C@]12CCC3C(CCC4=CC(=NOCC(=O)NC(Cc5ccccc5)C(=O)O)CC[C@@]43C)C1CCC2O. The van der Waals surface area contributed by atoms with E-state index in [1.165, 1.54) is 18.4 Å². The van der Waals surface area contributed by atoms with Gasteiger partial charge in [0.2, 0.25) is 0 Å². The van der Waals surface area contributed by atoms with Crippen LogP contribution in [0.15, 0.2) is 47.1 Å². The lowest BCUT2D eigenvalue weighted by Crippen LogP contribution is -2.51. The van der Waals surface area contributed by atoms with Crippen LogP contribution in [0.1, 0.15) is 70.8 Å². The van der Waals surface area contributed by atoms with E-state index >= 15 is 0 Å². The minimum absolute atomic E-state index is 0.0924. The molecule has 0 heterocycles. The maximum Gasteiger partial charge on any atom is 0.326 e. The normalized spacial score (nSPS) is 36.5. The van der Waals surface area contributed by atoms with Crippen molar-refractivity contribution in [3.63, 3.8) is 0 Å².